The van der Waals surface area contributed by atoms with Crippen LogP contribution in [0.25, 0.3) is 0 Å². The van der Waals surface area contributed by atoms with Crippen molar-refractivity contribution in [1.29, 1.82) is 0 Å². The van der Waals surface area contributed by atoms with Crippen molar-refractivity contribution < 1.29 is 9.90 Å². The first kappa shape index (κ1) is 22.2. The fraction of sp³-hybridized carbons (Fsp3) is 0.500. The number of carboxylic acid groups (broad SMARTS) is 1. The number of hydrogen-bond donors (Lipinski definition) is 1. The highest BCUT2D eigenvalue weighted by Gasteiger charge is 1.93. The number of carbonyl (C=O) groups is 1. The van der Waals surface area contributed by atoms with Gasteiger partial charge in [0, 0.05) is 6.42 Å². The molecule has 134 valence electrons. The molecule has 0 aromatic heterocycles. The zero-order valence-corrected chi connectivity index (χ0v) is 15.2. The summed E-state index contributed by atoms with van der Waals surface area (Å²) in [5.74, 6) is -0.700. The molecule has 0 radical (unpaired) electrons. The minimum atomic E-state index is -0.700. The molecule has 0 spiro atoms. The van der Waals surface area contributed by atoms with E-state index in [0.717, 1.165) is 44.9 Å². The normalized spacial score (nSPS) is 12.7. The van der Waals surface area contributed by atoms with E-state index in [9.17, 15) is 4.79 Å². The van der Waals surface area contributed by atoms with Gasteiger partial charge in [-0.25, -0.2) is 0 Å². The summed E-state index contributed by atoms with van der Waals surface area (Å²) in [4.78, 5) is 10.3. The lowest BCUT2D eigenvalue weighted by molar-refractivity contribution is -0.137. The average molecular weight is 331 g/mol. The van der Waals surface area contributed by atoms with E-state index in [1.807, 2.05) is 0 Å². The maximum Gasteiger partial charge on any atom is 0.303 e. The predicted octanol–water partition coefficient (Wildman–Crippen LogP) is 6.77. The molecule has 0 aromatic carbocycles. The van der Waals surface area contributed by atoms with Gasteiger partial charge in [-0.2, -0.15) is 0 Å². The van der Waals surface area contributed by atoms with Crippen LogP contribution in [0.3, 0.4) is 0 Å². The van der Waals surface area contributed by atoms with Gasteiger partial charge in [0.05, 0.1) is 0 Å². The van der Waals surface area contributed by atoms with Gasteiger partial charge in [0.2, 0.25) is 0 Å². The maximum atomic E-state index is 10.3. The second kappa shape index (κ2) is 19.2. The molecule has 0 aliphatic rings. The van der Waals surface area contributed by atoms with Crippen LogP contribution in [-0.2, 0) is 4.79 Å². The molecule has 0 aliphatic heterocycles. The van der Waals surface area contributed by atoms with E-state index < -0.39 is 5.97 Å². The largest absolute Gasteiger partial charge is 0.481 e. The maximum absolute atomic E-state index is 10.3. The quantitative estimate of drug-likeness (QED) is 0.265. The van der Waals surface area contributed by atoms with Crippen molar-refractivity contribution >= 4 is 5.97 Å². The summed E-state index contributed by atoms with van der Waals surface area (Å²) in [6, 6.07) is 0. The van der Waals surface area contributed by atoms with Gasteiger partial charge in [0.15, 0.2) is 0 Å². The first-order chi connectivity index (χ1) is 11.8. The highest BCUT2D eigenvalue weighted by atomic mass is 16.4. The minimum absolute atomic E-state index is 0.283. The van der Waals surface area contributed by atoms with Gasteiger partial charge in [-0.1, -0.05) is 74.1 Å². The molecular weight excluding hydrogens is 296 g/mol. The average Bonchev–Trinajstić information content (AvgIpc) is 2.56. The Kier molecular flexibility index (Phi) is 17.8. The standard InChI is InChI=1S/C22H34O2/c1-2-3-4-5-6-7-8-9-10-11-12-13-14-15-16-17-18-19-20-21-22(23)24/h4-5,7-8,10-11,13-14,16-17H,2-3,6,9,12,15,18-21H2,1H3,(H,23,24)/b5-4+,8-7+,11-10+,14-13+,17-16+. The third-order valence-electron chi connectivity index (χ3n) is 3.39. The summed E-state index contributed by atoms with van der Waals surface area (Å²) in [5.41, 5.74) is 0. The van der Waals surface area contributed by atoms with Crippen LogP contribution in [0.15, 0.2) is 60.8 Å². The SMILES string of the molecule is CCC/C=C/C/C=C/C/C=C/C/C=C/C/C=C/CCCCC(=O)O. The molecule has 0 fully saturated rings. The molecule has 0 unspecified atom stereocenters. The lowest BCUT2D eigenvalue weighted by Gasteiger charge is -1.92. The van der Waals surface area contributed by atoms with Crippen molar-refractivity contribution in [2.24, 2.45) is 0 Å². The van der Waals surface area contributed by atoms with Gasteiger partial charge in [-0.15, -0.1) is 0 Å². The van der Waals surface area contributed by atoms with Crippen molar-refractivity contribution in [2.45, 2.75) is 71.1 Å². The van der Waals surface area contributed by atoms with Crippen LogP contribution < -0.4 is 0 Å². The number of hydrogen-bond acceptors (Lipinski definition) is 1. The summed E-state index contributed by atoms with van der Waals surface area (Å²) < 4.78 is 0. The molecule has 0 amide bonds. The third kappa shape index (κ3) is 20.2. The smallest absolute Gasteiger partial charge is 0.303 e. The first-order valence-electron chi connectivity index (χ1n) is 9.24. The van der Waals surface area contributed by atoms with Crippen LogP contribution in [0.4, 0.5) is 0 Å². The van der Waals surface area contributed by atoms with Crippen molar-refractivity contribution in [1.82, 2.24) is 0 Å². The summed E-state index contributed by atoms with van der Waals surface area (Å²) >= 11 is 0. The summed E-state index contributed by atoms with van der Waals surface area (Å²) in [5, 5.41) is 8.52. The fourth-order valence-corrected chi connectivity index (χ4v) is 2.02. The molecule has 2 nitrogen and oxygen atoms in total. The summed E-state index contributed by atoms with van der Waals surface area (Å²) in [6.45, 7) is 2.20. The Bertz CT molecular complexity index is 425. The van der Waals surface area contributed by atoms with E-state index in [2.05, 4.69) is 67.7 Å². The number of unbranched alkanes of at least 4 members (excludes halogenated alkanes) is 3. The van der Waals surface area contributed by atoms with Crippen LogP contribution in [-0.4, -0.2) is 11.1 Å². The van der Waals surface area contributed by atoms with Gasteiger partial charge >= 0.3 is 5.97 Å². The number of aliphatic carboxylic acids is 1. The molecule has 0 aromatic rings. The molecule has 2 heteroatoms. The van der Waals surface area contributed by atoms with E-state index in [0.29, 0.717) is 0 Å². The topological polar surface area (TPSA) is 37.3 Å². The van der Waals surface area contributed by atoms with Gasteiger partial charge < -0.3 is 5.11 Å². The highest BCUT2D eigenvalue weighted by molar-refractivity contribution is 5.66. The highest BCUT2D eigenvalue weighted by Crippen LogP contribution is 2.01. The van der Waals surface area contributed by atoms with Crippen LogP contribution >= 0.6 is 0 Å². The van der Waals surface area contributed by atoms with Gasteiger partial charge in [-0.05, 0) is 51.4 Å². The van der Waals surface area contributed by atoms with E-state index in [-0.39, 0.29) is 6.42 Å². The summed E-state index contributed by atoms with van der Waals surface area (Å²) in [6.07, 6.45) is 31.3. The number of carboxylic acids is 1. The molecule has 24 heavy (non-hydrogen) atoms. The molecule has 1 N–H and O–H groups in total. The minimum Gasteiger partial charge on any atom is -0.481 e. The van der Waals surface area contributed by atoms with Crippen LogP contribution in [0, 0.1) is 0 Å². The molecule has 0 heterocycles. The molecule has 0 rings (SSSR count). The molecule has 0 saturated heterocycles. The van der Waals surface area contributed by atoms with Gasteiger partial charge in [0.25, 0.3) is 0 Å². The number of allylic oxidation sites excluding steroid dienone is 10. The Morgan fingerprint density at radius 1 is 0.667 bits per heavy atom. The van der Waals surface area contributed by atoms with E-state index in [1.54, 1.807) is 0 Å². The second-order valence-electron chi connectivity index (χ2n) is 5.73. The van der Waals surface area contributed by atoms with Gasteiger partial charge in [-0.3, -0.25) is 4.79 Å². The van der Waals surface area contributed by atoms with E-state index in [4.69, 9.17) is 5.11 Å². The monoisotopic (exact) mass is 330 g/mol. The van der Waals surface area contributed by atoms with E-state index in [1.165, 1.54) is 12.8 Å². The predicted molar refractivity (Wildman–Crippen MR) is 105 cm³/mol. The Balaban J connectivity index is 3.44. The van der Waals surface area contributed by atoms with Crippen LogP contribution in [0.2, 0.25) is 0 Å². The lowest BCUT2D eigenvalue weighted by Crippen LogP contribution is -1.92. The third-order valence-corrected chi connectivity index (χ3v) is 3.39. The Hall–Kier alpha value is -1.83. The lowest BCUT2D eigenvalue weighted by atomic mass is 10.2. The van der Waals surface area contributed by atoms with Crippen LogP contribution in [0.5, 0.6) is 0 Å². The Morgan fingerprint density at radius 2 is 1.08 bits per heavy atom. The Labute approximate surface area is 148 Å². The molecule has 0 aliphatic carbocycles. The fourth-order valence-electron chi connectivity index (χ4n) is 2.02. The zero-order valence-electron chi connectivity index (χ0n) is 15.2. The summed E-state index contributed by atoms with van der Waals surface area (Å²) in [7, 11) is 0. The molecular formula is C22H34O2. The second-order valence-corrected chi connectivity index (χ2v) is 5.73. The van der Waals surface area contributed by atoms with Crippen molar-refractivity contribution in [3.63, 3.8) is 0 Å². The van der Waals surface area contributed by atoms with E-state index >= 15 is 0 Å². The van der Waals surface area contributed by atoms with Crippen molar-refractivity contribution in [3.8, 4) is 0 Å². The molecule has 0 atom stereocenters. The molecule has 0 saturated carbocycles. The first-order valence-corrected chi connectivity index (χ1v) is 9.24. The van der Waals surface area contributed by atoms with Gasteiger partial charge in [0.1, 0.15) is 0 Å². The van der Waals surface area contributed by atoms with Crippen molar-refractivity contribution in [3.05, 3.63) is 60.8 Å². The van der Waals surface area contributed by atoms with Crippen molar-refractivity contribution in [2.75, 3.05) is 0 Å². The molecule has 0 bridgehead atoms. The Morgan fingerprint density at radius 3 is 1.50 bits per heavy atom. The van der Waals surface area contributed by atoms with Crippen LogP contribution in [0.1, 0.15) is 71.1 Å². The number of rotatable bonds is 15. The zero-order chi connectivity index (χ0) is 17.7.